The van der Waals surface area contributed by atoms with Crippen molar-refractivity contribution in [2.75, 3.05) is 0 Å². The second-order valence-electron chi connectivity index (χ2n) is 9.52. The van der Waals surface area contributed by atoms with Crippen LogP contribution in [0.25, 0.3) is 0 Å². The lowest BCUT2D eigenvalue weighted by Crippen LogP contribution is -2.74. The highest BCUT2D eigenvalue weighted by Crippen LogP contribution is 2.43. The standard InChI is InChI=1S/C29H23F3N2O7S2/c30-29(31,32)43(38,39)41-21-17-42-27-23(33-22(35)16-18-10-4-1-5-11-18)26(36)34(27)24(21)28(37)40-25(19-12-6-2-7-13-19)20-14-8-3-9-15-20/h1-15,17,23-25,27H,16H2,(H,33,35)/t23?,24?,27-/m1/s1. The fourth-order valence-corrected chi connectivity index (χ4v) is 6.31. The molecular formula is C29H23F3N2O7S2. The van der Waals surface area contributed by atoms with Gasteiger partial charge in [0.1, 0.15) is 11.4 Å². The maximum atomic E-state index is 13.7. The topological polar surface area (TPSA) is 119 Å². The number of alkyl halides is 3. The van der Waals surface area contributed by atoms with Crippen molar-refractivity contribution in [1.82, 2.24) is 10.2 Å². The zero-order valence-corrected chi connectivity index (χ0v) is 23.6. The summed E-state index contributed by atoms with van der Waals surface area (Å²) in [4.78, 5) is 40.5. The highest BCUT2D eigenvalue weighted by atomic mass is 32.2. The first-order valence-corrected chi connectivity index (χ1v) is 15.1. The van der Waals surface area contributed by atoms with E-state index < -0.39 is 62.7 Å². The number of thioether (sulfide) groups is 1. The van der Waals surface area contributed by atoms with Crippen LogP contribution in [0.15, 0.2) is 102 Å². The van der Waals surface area contributed by atoms with Crippen molar-refractivity contribution in [3.8, 4) is 0 Å². The van der Waals surface area contributed by atoms with E-state index in [0.717, 1.165) is 22.1 Å². The molecule has 1 N–H and O–H groups in total. The Hall–Kier alpha value is -4.30. The van der Waals surface area contributed by atoms with E-state index in [0.29, 0.717) is 16.7 Å². The Labute approximate surface area is 248 Å². The lowest BCUT2D eigenvalue weighted by atomic mass is 9.99. The summed E-state index contributed by atoms with van der Waals surface area (Å²) in [5.41, 5.74) is -4.09. The van der Waals surface area contributed by atoms with Crippen LogP contribution in [0.4, 0.5) is 13.2 Å². The van der Waals surface area contributed by atoms with Gasteiger partial charge >= 0.3 is 21.6 Å². The van der Waals surface area contributed by atoms with Gasteiger partial charge in [-0.3, -0.25) is 9.59 Å². The molecule has 224 valence electrons. The fourth-order valence-electron chi connectivity index (χ4n) is 4.62. The van der Waals surface area contributed by atoms with Crippen molar-refractivity contribution in [2.45, 2.75) is 35.5 Å². The number of halogens is 3. The van der Waals surface area contributed by atoms with Gasteiger partial charge in [-0.1, -0.05) is 91.0 Å². The first kappa shape index (κ1) is 30.2. The SMILES string of the molecule is O=C(Cc1ccccc1)NC1C(=O)N2C(C(=O)OC(c3ccccc3)c3ccccc3)C(OS(=O)(=O)C(F)(F)F)=CS[C@H]12. The second kappa shape index (κ2) is 12.1. The third-order valence-corrected chi connectivity index (χ3v) is 8.75. The van der Waals surface area contributed by atoms with Crippen LogP contribution in [-0.4, -0.2) is 54.1 Å². The molecule has 43 heavy (non-hydrogen) atoms. The number of fused-ring (bicyclic) bond motifs is 1. The normalized spacial score (nSPS) is 20.0. The van der Waals surface area contributed by atoms with Crippen LogP contribution < -0.4 is 5.32 Å². The van der Waals surface area contributed by atoms with E-state index >= 15 is 0 Å². The van der Waals surface area contributed by atoms with Crippen LogP contribution in [-0.2, 0) is 39.8 Å². The van der Waals surface area contributed by atoms with Gasteiger partial charge in [0.2, 0.25) is 11.8 Å². The Morgan fingerprint density at radius 3 is 1.98 bits per heavy atom. The van der Waals surface area contributed by atoms with Gasteiger partial charge in [-0.25, -0.2) is 4.79 Å². The van der Waals surface area contributed by atoms with Gasteiger partial charge in [0.15, 0.2) is 17.9 Å². The van der Waals surface area contributed by atoms with Crippen LogP contribution in [0, 0.1) is 0 Å². The fraction of sp³-hybridized carbons (Fsp3) is 0.207. The van der Waals surface area contributed by atoms with Gasteiger partial charge in [0.25, 0.3) is 0 Å². The first-order chi connectivity index (χ1) is 20.5. The summed E-state index contributed by atoms with van der Waals surface area (Å²) >= 11 is 0.729. The molecule has 3 atom stereocenters. The molecule has 14 heteroatoms. The summed E-state index contributed by atoms with van der Waals surface area (Å²) < 4.78 is 73.6. The van der Waals surface area contributed by atoms with E-state index in [1.54, 1.807) is 91.0 Å². The van der Waals surface area contributed by atoms with Crippen molar-refractivity contribution in [2.24, 2.45) is 0 Å². The van der Waals surface area contributed by atoms with E-state index in [1.165, 1.54) is 0 Å². The minimum atomic E-state index is -6.20. The molecule has 3 aromatic rings. The quantitative estimate of drug-likeness (QED) is 0.163. The van der Waals surface area contributed by atoms with Gasteiger partial charge in [-0.15, -0.1) is 11.8 Å². The van der Waals surface area contributed by atoms with Crippen molar-refractivity contribution < 1.29 is 44.9 Å². The van der Waals surface area contributed by atoms with Crippen molar-refractivity contribution >= 4 is 39.7 Å². The molecule has 1 fully saturated rings. The minimum Gasteiger partial charge on any atom is -0.451 e. The third-order valence-electron chi connectivity index (χ3n) is 6.63. The number of β-lactam (4-membered cyclic amide) rings is 1. The second-order valence-corrected chi connectivity index (χ2v) is 12.1. The summed E-state index contributed by atoms with van der Waals surface area (Å²) in [5.74, 6) is -3.50. The number of nitrogens with zero attached hydrogens (tertiary/aromatic N) is 1. The van der Waals surface area contributed by atoms with Gasteiger partial charge < -0.3 is 19.1 Å². The summed E-state index contributed by atoms with van der Waals surface area (Å²) in [7, 11) is -6.20. The molecule has 9 nitrogen and oxygen atoms in total. The molecule has 2 aliphatic rings. The maximum Gasteiger partial charge on any atom is 0.534 e. The molecule has 0 spiro atoms. The average Bonchev–Trinajstić information content (AvgIpc) is 2.99. The predicted octanol–water partition coefficient (Wildman–Crippen LogP) is 4.04. The van der Waals surface area contributed by atoms with Gasteiger partial charge in [0.05, 0.1) is 6.42 Å². The predicted molar refractivity (Wildman–Crippen MR) is 149 cm³/mol. The summed E-state index contributed by atoms with van der Waals surface area (Å²) in [6.45, 7) is 0. The largest absolute Gasteiger partial charge is 0.534 e. The smallest absolute Gasteiger partial charge is 0.451 e. The van der Waals surface area contributed by atoms with Crippen LogP contribution in [0.5, 0.6) is 0 Å². The number of carbonyl (C=O) groups excluding carboxylic acids is 3. The number of carbonyl (C=O) groups is 3. The molecule has 0 saturated carbocycles. The Kier molecular flexibility index (Phi) is 8.51. The van der Waals surface area contributed by atoms with E-state index in [-0.39, 0.29) is 6.42 Å². The summed E-state index contributed by atoms with van der Waals surface area (Å²) in [6, 6.07) is 22.5. The van der Waals surface area contributed by atoms with E-state index in [9.17, 15) is 36.0 Å². The summed E-state index contributed by atoms with van der Waals surface area (Å²) in [5, 5.41) is 2.55. The highest BCUT2D eigenvalue weighted by molar-refractivity contribution is 8.03. The van der Waals surface area contributed by atoms with Crippen LogP contribution in [0.2, 0.25) is 0 Å². The van der Waals surface area contributed by atoms with Gasteiger partial charge in [-0.2, -0.15) is 21.6 Å². The Balaban J connectivity index is 1.43. The van der Waals surface area contributed by atoms with E-state index in [2.05, 4.69) is 9.50 Å². The lowest BCUT2D eigenvalue weighted by molar-refractivity contribution is -0.166. The molecule has 3 aromatic carbocycles. The number of hydrogen-bond acceptors (Lipinski definition) is 8. The monoisotopic (exact) mass is 632 g/mol. The van der Waals surface area contributed by atoms with Gasteiger partial charge in [-0.05, 0) is 16.7 Å². The molecule has 2 aliphatic heterocycles. The molecule has 1 saturated heterocycles. The third kappa shape index (κ3) is 6.39. The molecule has 2 amide bonds. The van der Waals surface area contributed by atoms with Crippen LogP contribution in [0.1, 0.15) is 22.8 Å². The lowest BCUT2D eigenvalue weighted by Gasteiger charge is -2.51. The Morgan fingerprint density at radius 2 is 1.44 bits per heavy atom. The van der Waals surface area contributed by atoms with E-state index in [4.69, 9.17) is 4.74 Å². The molecule has 0 aliphatic carbocycles. The molecule has 2 unspecified atom stereocenters. The Bertz CT molecular complexity index is 1600. The summed E-state index contributed by atoms with van der Waals surface area (Å²) in [6.07, 6.45) is -1.10. The number of rotatable bonds is 9. The van der Waals surface area contributed by atoms with Crippen molar-refractivity contribution in [3.05, 3.63) is 119 Å². The number of benzene rings is 3. The van der Waals surface area contributed by atoms with Crippen molar-refractivity contribution in [1.29, 1.82) is 0 Å². The molecule has 2 heterocycles. The molecule has 5 rings (SSSR count). The van der Waals surface area contributed by atoms with Crippen LogP contribution in [0.3, 0.4) is 0 Å². The number of esters is 1. The number of ether oxygens (including phenoxy) is 1. The van der Waals surface area contributed by atoms with Crippen LogP contribution >= 0.6 is 11.8 Å². The highest BCUT2D eigenvalue weighted by Gasteiger charge is 2.59. The zero-order chi connectivity index (χ0) is 30.8. The van der Waals surface area contributed by atoms with E-state index in [1.807, 2.05) is 0 Å². The first-order valence-electron chi connectivity index (χ1n) is 12.8. The number of amides is 2. The zero-order valence-electron chi connectivity index (χ0n) is 22.0. The Morgan fingerprint density at radius 1 is 0.907 bits per heavy atom. The molecule has 0 aromatic heterocycles. The van der Waals surface area contributed by atoms with Crippen molar-refractivity contribution in [3.63, 3.8) is 0 Å². The molecule has 0 bridgehead atoms. The number of hydrogen-bond donors (Lipinski definition) is 1. The average molecular weight is 633 g/mol. The number of nitrogens with one attached hydrogen (secondary N) is 1. The molecule has 0 radical (unpaired) electrons. The van der Waals surface area contributed by atoms with Gasteiger partial charge in [0, 0.05) is 5.41 Å². The maximum absolute atomic E-state index is 13.7. The molecular weight excluding hydrogens is 609 g/mol. The minimum absolute atomic E-state index is 0.0443.